The van der Waals surface area contributed by atoms with Crippen LogP contribution in [0.3, 0.4) is 0 Å². The van der Waals surface area contributed by atoms with Crippen molar-refractivity contribution in [2.45, 2.75) is 51.0 Å². The summed E-state index contributed by atoms with van der Waals surface area (Å²) < 4.78 is 27.5. The molecule has 3 aromatic carbocycles. The molecule has 9 heteroatoms. The van der Waals surface area contributed by atoms with Crippen LogP contribution in [0.1, 0.15) is 40.4 Å². The molecule has 0 aliphatic rings. The van der Waals surface area contributed by atoms with E-state index < -0.39 is 48.0 Å². The zero-order valence-corrected chi connectivity index (χ0v) is 21.7. The second kappa shape index (κ2) is 14.1. The highest BCUT2D eigenvalue weighted by Crippen LogP contribution is 2.15. The fraction of sp³-hybridized carbons (Fsp3) is 0.310. The fourth-order valence-corrected chi connectivity index (χ4v) is 4.25. The monoisotopic (exact) mass is 544 g/mol. The van der Waals surface area contributed by atoms with Gasteiger partial charge in [-0.05, 0) is 53.8 Å². The Morgan fingerprint density at radius 1 is 0.921 bits per heavy atom. The first-order valence-corrected chi connectivity index (χ1v) is 12.7. The Labute approximate surface area is 225 Å². The molecule has 3 rings (SSSR count). The van der Waals surface area contributed by atoms with Crippen LogP contribution in [0.2, 0.25) is 5.02 Å². The third kappa shape index (κ3) is 8.99. The molecule has 0 bridgehead atoms. The number of aliphatic hydroxyl groups excluding tert-OH is 2. The van der Waals surface area contributed by atoms with Gasteiger partial charge in [0.25, 0.3) is 0 Å². The molecule has 1 amide bonds. The summed E-state index contributed by atoms with van der Waals surface area (Å²) in [5.74, 6) is -2.96. The van der Waals surface area contributed by atoms with Crippen molar-refractivity contribution < 1.29 is 28.6 Å². The average molecular weight is 545 g/mol. The summed E-state index contributed by atoms with van der Waals surface area (Å²) in [6.07, 6.45) is -2.60. The Hall–Kier alpha value is -3.17. The highest BCUT2D eigenvalue weighted by atomic mass is 35.5. The molecule has 0 saturated carbocycles. The highest BCUT2D eigenvalue weighted by molar-refractivity contribution is 6.31. The number of carbonyl (C=O) groups excluding carboxylic acids is 2. The molecule has 202 valence electrons. The van der Waals surface area contributed by atoms with E-state index in [4.69, 9.17) is 11.6 Å². The van der Waals surface area contributed by atoms with Crippen LogP contribution in [0.25, 0.3) is 0 Å². The minimum Gasteiger partial charge on any atom is -0.390 e. The molecule has 0 radical (unpaired) electrons. The van der Waals surface area contributed by atoms with Gasteiger partial charge in [-0.3, -0.25) is 9.59 Å². The summed E-state index contributed by atoms with van der Waals surface area (Å²) in [6.45, 7) is 2.56. The van der Waals surface area contributed by atoms with Crippen LogP contribution in [0.15, 0.2) is 66.7 Å². The lowest BCUT2D eigenvalue weighted by Gasteiger charge is -2.26. The second-order valence-electron chi connectivity index (χ2n) is 9.12. The molecule has 0 aliphatic carbocycles. The Morgan fingerprint density at radius 2 is 1.61 bits per heavy atom. The maximum atomic E-state index is 13.8. The number of ketones is 1. The Kier molecular flexibility index (Phi) is 10.9. The first-order chi connectivity index (χ1) is 18.1. The summed E-state index contributed by atoms with van der Waals surface area (Å²) in [4.78, 5) is 25.2. The lowest BCUT2D eigenvalue weighted by Crippen LogP contribution is -2.51. The number of hydrogen-bond donors (Lipinski definition) is 4. The van der Waals surface area contributed by atoms with Crippen molar-refractivity contribution in [3.63, 3.8) is 0 Å². The maximum absolute atomic E-state index is 13.8. The number of rotatable bonds is 13. The Morgan fingerprint density at radius 3 is 2.29 bits per heavy atom. The molecule has 38 heavy (non-hydrogen) atoms. The molecule has 0 aromatic heterocycles. The van der Waals surface area contributed by atoms with E-state index in [2.05, 4.69) is 17.6 Å². The first kappa shape index (κ1) is 29.4. The Balaban J connectivity index is 1.67. The lowest BCUT2D eigenvalue weighted by molar-refractivity contribution is -0.130. The minimum absolute atomic E-state index is 0.0522. The van der Waals surface area contributed by atoms with Gasteiger partial charge in [0.05, 0.1) is 12.1 Å². The van der Waals surface area contributed by atoms with Gasteiger partial charge in [0.1, 0.15) is 17.7 Å². The van der Waals surface area contributed by atoms with Crippen molar-refractivity contribution in [1.29, 1.82) is 0 Å². The number of carbonyl (C=O) groups is 2. The van der Waals surface area contributed by atoms with Crippen molar-refractivity contribution in [2.24, 2.45) is 0 Å². The molecule has 0 fully saturated rings. The van der Waals surface area contributed by atoms with Crippen LogP contribution < -0.4 is 10.6 Å². The predicted octanol–water partition coefficient (Wildman–Crippen LogP) is 3.99. The van der Waals surface area contributed by atoms with E-state index in [0.29, 0.717) is 11.6 Å². The van der Waals surface area contributed by atoms with Crippen molar-refractivity contribution in [1.82, 2.24) is 10.6 Å². The standard InChI is InChI=1S/C29H31ClF2N2O4/c1-2-18-5-3-6-19(9-18)16-33-17-28(37)25(12-20-10-23(31)14-24(32)11-20)34-29(38)27(36)15-26(35)21-7-4-8-22(30)13-21/h3-11,13-14,25,27-28,33,36-37H,2,12,15-17H2,1H3,(H,34,38)/t25-,27?,28-/m0/s1. The summed E-state index contributed by atoms with van der Waals surface area (Å²) in [7, 11) is 0. The number of halogens is 3. The summed E-state index contributed by atoms with van der Waals surface area (Å²) in [6, 6.07) is 16.0. The van der Waals surface area contributed by atoms with Gasteiger partial charge in [0, 0.05) is 36.2 Å². The van der Waals surface area contributed by atoms with Gasteiger partial charge in [0.15, 0.2) is 5.78 Å². The van der Waals surface area contributed by atoms with Gasteiger partial charge < -0.3 is 20.8 Å². The number of aryl methyl sites for hydroxylation is 1. The fourth-order valence-electron chi connectivity index (χ4n) is 4.06. The lowest BCUT2D eigenvalue weighted by atomic mass is 9.99. The third-order valence-corrected chi connectivity index (χ3v) is 6.32. The van der Waals surface area contributed by atoms with Gasteiger partial charge in [0.2, 0.25) is 5.91 Å². The van der Waals surface area contributed by atoms with E-state index in [1.54, 1.807) is 12.1 Å². The molecule has 1 unspecified atom stereocenters. The first-order valence-electron chi connectivity index (χ1n) is 12.3. The highest BCUT2D eigenvalue weighted by Gasteiger charge is 2.27. The van der Waals surface area contributed by atoms with E-state index in [9.17, 15) is 28.6 Å². The number of hydrogen-bond acceptors (Lipinski definition) is 5. The molecule has 4 N–H and O–H groups in total. The van der Waals surface area contributed by atoms with Gasteiger partial charge in [-0.1, -0.05) is 54.9 Å². The van der Waals surface area contributed by atoms with Crippen LogP contribution in [0.5, 0.6) is 0 Å². The maximum Gasteiger partial charge on any atom is 0.249 e. The van der Waals surface area contributed by atoms with Gasteiger partial charge in [-0.25, -0.2) is 8.78 Å². The van der Waals surface area contributed by atoms with Gasteiger partial charge >= 0.3 is 0 Å². The molecule has 0 spiro atoms. The van der Waals surface area contributed by atoms with Crippen LogP contribution in [0.4, 0.5) is 8.78 Å². The zero-order chi connectivity index (χ0) is 27.7. The minimum atomic E-state index is -1.70. The average Bonchev–Trinajstić information content (AvgIpc) is 2.87. The van der Waals surface area contributed by atoms with Crippen molar-refractivity contribution in [3.8, 4) is 0 Å². The van der Waals surface area contributed by atoms with Crippen molar-refractivity contribution in [2.75, 3.05) is 6.54 Å². The van der Waals surface area contributed by atoms with Gasteiger partial charge in [-0.15, -0.1) is 0 Å². The van der Waals surface area contributed by atoms with Crippen molar-refractivity contribution in [3.05, 3.63) is 106 Å². The zero-order valence-electron chi connectivity index (χ0n) is 21.0. The van der Waals surface area contributed by atoms with Crippen LogP contribution in [-0.4, -0.2) is 46.7 Å². The molecule has 0 aliphatic heterocycles. The number of amides is 1. The van der Waals surface area contributed by atoms with E-state index in [0.717, 1.165) is 30.2 Å². The molecule has 6 nitrogen and oxygen atoms in total. The number of nitrogens with one attached hydrogen (secondary N) is 2. The van der Waals surface area contributed by atoms with Crippen molar-refractivity contribution >= 4 is 23.3 Å². The van der Waals surface area contributed by atoms with E-state index in [-0.39, 0.29) is 24.1 Å². The molecule has 3 aromatic rings. The molecule has 0 heterocycles. The molecular weight excluding hydrogens is 514 g/mol. The van der Waals surface area contributed by atoms with E-state index >= 15 is 0 Å². The topological polar surface area (TPSA) is 98.7 Å². The molecule has 0 saturated heterocycles. The largest absolute Gasteiger partial charge is 0.390 e. The molecule has 3 atom stereocenters. The Bertz CT molecular complexity index is 1240. The van der Waals surface area contributed by atoms with E-state index in [1.165, 1.54) is 17.7 Å². The third-order valence-electron chi connectivity index (χ3n) is 6.08. The van der Waals surface area contributed by atoms with Crippen LogP contribution in [0, 0.1) is 11.6 Å². The quantitative estimate of drug-likeness (QED) is 0.244. The smallest absolute Gasteiger partial charge is 0.249 e. The van der Waals surface area contributed by atoms with E-state index in [1.807, 2.05) is 24.3 Å². The molecular formula is C29H31ClF2N2O4. The van der Waals surface area contributed by atoms with Gasteiger partial charge in [-0.2, -0.15) is 0 Å². The number of aliphatic hydroxyl groups is 2. The summed E-state index contributed by atoms with van der Waals surface area (Å²) in [5.41, 5.74) is 2.64. The number of benzene rings is 3. The SMILES string of the molecule is CCc1cccc(CNC[C@H](O)[C@H](Cc2cc(F)cc(F)c2)NC(=O)C(O)CC(=O)c2cccc(Cl)c2)c1. The van der Waals surface area contributed by atoms with Crippen LogP contribution >= 0.6 is 11.6 Å². The van der Waals surface area contributed by atoms with Crippen LogP contribution in [-0.2, 0) is 24.2 Å². The normalized spacial score (nSPS) is 13.5. The second-order valence-corrected chi connectivity index (χ2v) is 9.56. The summed E-state index contributed by atoms with van der Waals surface area (Å²) in [5, 5.41) is 27.3. The summed E-state index contributed by atoms with van der Waals surface area (Å²) >= 11 is 5.91. The predicted molar refractivity (Wildman–Crippen MR) is 142 cm³/mol. The number of Topliss-reactive ketones (excluding diaryl/α,β-unsaturated/α-hetero) is 1.